The summed E-state index contributed by atoms with van der Waals surface area (Å²) in [6.07, 6.45) is 1.39. The summed E-state index contributed by atoms with van der Waals surface area (Å²) < 4.78 is 0. The fourth-order valence-electron chi connectivity index (χ4n) is 2.09. The molecule has 0 aromatic heterocycles. The lowest BCUT2D eigenvalue weighted by Crippen LogP contribution is -2.38. The molecule has 1 saturated heterocycles. The minimum absolute atomic E-state index is 0.0775. The Kier molecular flexibility index (Phi) is 3.14. The number of rotatable bonds is 2. The van der Waals surface area contributed by atoms with E-state index in [0.29, 0.717) is 6.54 Å². The average molecular weight is 237 g/mol. The number of nitrogens with zero attached hydrogens (tertiary/aromatic N) is 2. The van der Waals surface area contributed by atoms with Gasteiger partial charge >= 0.3 is 0 Å². The summed E-state index contributed by atoms with van der Waals surface area (Å²) in [4.78, 5) is 12.1. The van der Waals surface area contributed by atoms with Crippen LogP contribution in [0.5, 0.6) is 0 Å². The molecule has 0 radical (unpaired) electrons. The van der Waals surface area contributed by atoms with Gasteiger partial charge in [-0.15, -0.1) is 0 Å². The molecule has 17 heavy (non-hydrogen) atoms. The van der Waals surface area contributed by atoms with Crippen molar-refractivity contribution in [1.82, 2.24) is 0 Å². The molecule has 6 heteroatoms. The highest BCUT2D eigenvalue weighted by molar-refractivity contribution is 5.66. The van der Waals surface area contributed by atoms with E-state index >= 15 is 0 Å². The Hall–Kier alpha value is -1.82. The van der Waals surface area contributed by atoms with Crippen molar-refractivity contribution in [3.05, 3.63) is 28.3 Å². The molecule has 0 saturated carbocycles. The maximum atomic E-state index is 10.6. The summed E-state index contributed by atoms with van der Waals surface area (Å²) in [7, 11) is 0. The van der Waals surface area contributed by atoms with Crippen LogP contribution < -0.4 is 10.6 Å². The van der Waals surface area contributed by atoms with Gasteiger partial charge in [0.2, 0.25) is 0 Å². The van der Waals surface area contributed by atoms with Gasteiger partial charge in [0.25, 0.3) is 5.69 Å². The lowest BCUT2D eigenvalue weighted by molar-refractivity contribution is -0.383. The molecule has 1 aromatic rings. The summed E-state index contributed by atoms with van der Waals surface area (Å²) >= 11 is 0. The summed E-state index contributed by atoms with van der Waals surface area (Å²) in [5.74, 6) is 0. The zero-order valence-electron chi connectivity index (χ0n) is 9.37. The van der Waals surface area contributed by atoms with Gasteiger partial charge in [0.05, 0.1) is 11.0 Å². The quantitative estimate of drug-likeness (QED) is 0.457. The molecular formula is C11H15N3O3. The van der Waals surface area contributed by atoms with Crippen LogP contribution in [0.25, 0.3) is 0 Å². The molecule has 1 aliphatic rings. The molecule has 1 aromatic carbocycles. The monoisotopic (exact) mass is 237 g/mol. The number of nitro groups is 1. The first-order valence-corrected chi connectivity index (χ1v) is 5.55. The maximum Gasteiger partial charge on any atom is 0.292 e. The molecule has 0 bridgehead atoms. The van der Waals surface area contributed by atoms with Crippen LogP contribution in [0.15, 0.2) is 18.2 Å². The van der Waals surface area contributed by atoms with Crippen LogP contribution in [0.4, 0.5) is 17.1 Å². The Bertz CT molecular complexity index is 436. The Balaban J connectivity index is 2.22. The highest BCUT2D eigenvalue weighted by atomic mass is 16.6. The number of nitrogens with two attached hydrogens (primary N) is 1. The molecule has 2 rings (SSSR count). The second-order valence-corrected chi connectivity index (χ2v) is 4.24. The fourth-order valence-corrected chi connectivity index (χ4v) is 2.09. The lowest BCUT2D eigenvalue weighted by Gasteiger charge is -2.32. The minimum Gasteiger partial charge on any atom is -0.393 e. The molecule has 0 amide bonds. The van der Waals surface area contributed by atoms with Crippen molar-refractivity contribution >= 4 is 17.1 Å². The van der Waals surface area contributed by atoms with Gasteiger partial charge in [0.15, 0.2) is 0 Å². The topological polar surface area (TPSA) is 92.6 Å². The number of piperidine rings is 1. The van der Waals surface area contributed by atoms with Gasteiger partial charge in [-0.05, 0) is 25.0 Å². The number of benzene rings is 1. The van der Waals surface area contributed by atoms with E-state index in [1.807, 2.05) is 4.90 Å². The highest BCUT2D eigenvalue weighted by Gasteiger charge is 2.20. The molecule has 1 fully saturated rings. The zero-order chi connectivity index (χ0) is 12.4. The second-order valence-electron chi connectivity index (χ2n) is 4.24. The molecule has 92 valence electrons. The first-order valence-electron chi connectivity index (χ1n) is 5.55. The third-order valence-corrected chi connectivity index (χ3v) is 2.97. The van der Waals surface area contributed by atoms with Crippen molar-refractivity contribution in [2.45, 2.75) is 18.9 Å². The van der Waals surface area contributed by atoms with E-state index in [4.69, 9.17) is 5.73 Å². The van der Waals surface area contributed by atoms with Gasteiger partial charge in [-0.25, -0.2) is 0 Å². The van der Waals surface area contributed by atoms with Gasteiger partial charge in [-0.1, -0.05) is 0 Å². The minimum atomic E-state index is -0.496. The molecule has 1 atom stereocenters. The largest absolute Gasteiger partial charge is 0.393 e. The number of anilines is 2. The zero-order valence-corrected chi connectivity index (χ0v) is 9.37. The van der Waals surface area contributed by atoms with E-state index in [9.17, 15) is 15.2 Å². The van der Waals surface area contributed by atoms with Crippen LogP contribution >= 0.6 is 0 Å². The maximum absolute atomic E-state index is 10.6. The van der Waals surface area contributed by atoms with Gasteiger partial charge < -0.3 is 15.7 Å². The van der Waals surface area contributed by atoms with E-state index in [1.165, 1.54) is 6.07 Å². The van der Waals surface area contributed by atoms with Crippen LogP contribution in [0.2, 0.25) is 0 Å². The van der Waals surface area contributed by atoms with Crippen LogP contribution in [-0.4, -0.2) is 29.2 Å². The number of hydrogen-bond acceptors (Lipinski definition) is 5. The van der Waals surface area contributed by atoms with Crippen molar-refractivity contribution in [3.63, 3.8) is 0 Å². The molecule has 0 spiro atoms. The third-order valence-electron chi connectivity index (χ3n) is 2.97. The van der Waals surface area contributed by atoms with Crippen LogP contribution in [0, 0.1) is 10.1 Å². The van der Waals surface area contributed by atoms with Crippen molar-refractivity contribution in [2.75, 3.05) is 23.7 Å². The summed E-state index contributed by atoms with van der Waals surface area (Å²) in [5, 5.41) is 20.2. The predicted octanol–water partition coefficient (Wildman–Crippen LogP) is 1.14. The third kappa shape index (κ3) is 2.47. The number of β-amino-alcohol motifs (C(OH)–C–C–N with tert-alkyl or cyclic N) is 1. The first-order chi connectivity index (χ1) is 8.08. The van der Waals surface area contributed by atoms with Crippen molar-refractivity contribution in [3.8, 4) is 0 Å². The summed E-state index contributed by atoms with van der Waals surface area (Å²) in [5.41, 5.74) is 6.54. The van der Waals surface area contributed by atoms with Crippen molar-refractivity contribution < 1.29 is 10.0 Å². The number of nitro benzene ring substituents is 1. The van der Waals surface area contributed by atoms with E-state index in [2.05, 4.69) is 0 Å². The Morgan fingerprint density at radius 1 is 1.53 bits per heavy atom. The molecule has 0 unspecified atom stereocenters. The predicted molar refractivity (Wildman–Crippen MR) is 65.0 cm³/mol. The van der Waals surface area contributed by atoms with Gasteiger partial charge in [-0.2, -0.15) is 0 Å². The van der Waals surface area contributed by atoms with Gasteiger partial charge in [0.1, 0.15) is 5.69 Å². The molecule has 3 N–H and O–H groups in total. The number of nitrogen functional groups attached to an aromatic ring is 1. The molecular weight excluding hydrogens is 222 g/mol. The highest BCUT2D eigenvalue weighted by Crippen LogP contribution is 2.28. The molecule has 6 nitrogen and oxygen atoms in total. The Labute approximate surface area is 98.8 Å². The number of aliphatic hydroxyl groups is 1. The summed E-state index contributed by atoms with van der Waals surface area (Å²) in [6.45, 7) is 1.39. The van der Waals surface area contributed by atoms with Crippen LogP contribution in [0.3, 0.4) is 0 Å². The van der Waals surface area contributed by atoms with Gasteiger partial charge in [-0.3, -0.25) is 10.1 Å². The first kappa shape index (κ1) is 11.7. The Morgan fingerprint density at radius 2 is 2.29 bits per heavy atom. The van der Waals surface area contributed by atoms with E-state index in [1.54, 1.807) is 12.1 Å². The van der Waals surface area contributed by atoms with E-state index in [0.717, 1.165) is 25.1 Å². The standard InChI is InChI=1S/C11H15N3O3/c12-10-6-8(3-4-11(10)14(16)17)13-5-1-2-9(15)7-13/h3-4,6,9,15H,1-2,5,7,12H2/t9-/m1/s1. The normalized spacial score (nSPS) is 20.3. The van der Waals surface area contributed by atoms with Gasteiger partial charge in [0, 0.05) is 24.8 Å². The molecule has 0 aliphatic carbocycles. The van der Waals surface area contributed by atoms with Crippen molar-refractivity contribution in [2.24, 2.45) is 0 Å². The fraction of sp³-hybridized carbons (Fsp3) is 0.455. The SMILES string of the molecule is Nc1cc(N2CCC[C@@H](O)C2)ccc1[N+](=O)[O-]. The van der Waals surface area contributed by atoms with E-state index < -0.39 is 4.92 Å². The average Bonchev–Trinajstić information content (AvgIpc) is 2.28. The summed E-state index contributed by atoms with van der Waals surface area (Å²) in [6, 6.07) is 4.67. The smallest absolute Gasteiger partial charge is 0.292 e. The van der Waals surface area contributed by atoms with E-state index in [-0.39, 0.29) is 17.5 Å². The lowest BCUT2D eigenvalue weighted by atomic mass is 10.1. The van der Waals surface area contributed by atoms with Crippen molar-refractivity contribution in [1.29, 1.82) is 0 Å². The molecule has 1 heterocycles. The number of aliphatic hydroxyl groups excluding tert-OH is 1. The Morgan fingerprint density at radius 3 is 2.88 bits per heavy atom. The van der Waals surface area contributed by atoms with Crippen LogP contribution in [0.1, 0.15) is 12.8 Å². The molecule has 1 aliphatic heterocycles. The van der Waals surface area contributed by atoms with Crippen LogP contribution in [-0.2, 0) is 0 Å². The number of hydrogen-bond donors (Lipinski definition) is 2. The second kappa shape index (κ2) is 4.58.